The fourth-order valence-corrected chi connectivity index (χ4v) is 0.762. The van der Waals surface area contributed by atoms with Crippen molar-refractivity contribution in [2.75, 3.05) is 0 Å². The SMILES string of the molecule is [N-]=[N+]=NCc1ccc(O)c(F)c1. The Balaban J connectivity index is 2.89. The number of phenols is 1. The van der Waals surface area contributed by atoms with Crippen LogP contribution in [-0.2, 0) is 6.54 Å². The Kier molecular flexibility index (Phi) is 2.50. The molecule has 0 fully saturated rings. The molecule has 0 unspecified atom stereocenters. The maximum absolute atomic E-state index is 12.6. The van der Waals surface area contributed by atoms with Gasteiger partial charge in [0.25, 0.3) is 0 Å². The predicted molar refractivity (Wildman–Crippen MR) is 40.9 cm³/mol. The molecule has 1 aromatic carbocycles. The molecule has 0 aromatic heterocycles. The number of nitrogens with zero attached hydrogens (tertiary/aromatic N) is 3. The minimum absolute atomic E-state index is 0.0910. The van der Waals surface area contributed by atoms with Gasteiger partial charge in [0.05, 0.1) is 6.54 Å². The van der Waals surface area contributed by atoms with Gasteiger partial charge in [0.2, 0.25) is 0 Å². The highest BCUT2D eigenvalue weighted by Crippen LogP contribution is 2.16. The summed E-state index contributed by atoms with van der Waals surface area (Å²) < 4.78 is 12.6. The van der Waals surface area contributed by atoms with E-state index in [2.05, 4.69) is 10.0 Å². The molecule has 0 atom stereocenters. The molecule has 0 saturated heterocycles. The second kappa shape index (κ2) is 3.59. The fraction of sp³-hybridized carbons (Fsp3) is 0.143. The zero-order valence-corrected chi connectivity index (χ0v) is 6.11. The minimum Gasteiger partial charge on any atom is -0.505 e. The average Bonchev–Trinajstić information content (AvgIpc) is 2.07. The average molecular weight is 167 g/mol. The first-order chi connectivity index (χ1) is 5.74. The molecule has 0 radical (unpaired) electrons. The van der Waals surface area contributed by atoms with Crippen molar-refractivity contribution in [3.63, 3.8) is 0 Å². The van der Waals surface area contributed by atoms with Gasteiger partial charge in [0.1, 0.15) is 0 Å². The van der Waals surface area contributed by atoms with Gasteiger partial charge in [-0.05, 0) is 23.2 Å². The maximum Gasteiger partial charge on any atom is 0.165 e. The quantitative estimate of drug-likeness (QED) is 0.410. The summed E-state index contributed by atoms with van der Waals surface area (Å²) >= 11 is 0. The highest BCUT2D eigenvalue weighted by Gasteiger charge is 1.99. The molecule has 12 heavy (non-hydrogen) atoms. The lowest BCUT2D eigenvalue weighted by molar-refractivity contribution is 0.432. The monoisotopic (exact) mass is 167 g/mol. The number of azide groups is 1. The lowest BCUT2D eigenvalue weighted by atomic mass is 10.2. The third kappa shape index (κ3) is 1.87. The summed E-state index contributed by atoms with van der Waals surface area (Å²) in [5.74, 6) is -1.11. The van der Waals surface area contributed by atoms with Crippen LogP contribution in [0.4, 0.5) is 4.39 Å². The molecule has 1 aromatic rings. The highest BCUT2D eigenvalue weighted by molar-refractivity contribution is 5.27. The number of aromatic hydroxyl groups is 1. The van der Waals surface area contributed by atoms with Crippen molar-refractivity contribution in [3.8, 4) is 5.75 Å². The van der Waals surface area contributed by atoms with Crippen molar-refractivity contribution in [2.45, 2.75) is 6.54 Å². The van der Waals surface area contributed by atoms with Gasteiger partial charge in [-0.15, -0.1) is 0 Å². The standard InChI is InChI=1S/C7H6FN3O/c8-6-3-5(4-10-11-9)1-2-7(6)12/h1-3,12H,4H2. The van der Waals surface area contributed by atoms with Crippen LogP contribution in [0.15, 0.2) is 23.3 Å². The molecule has 62 valence electrons. The van der Waals surface area contributed by atoms with Crippen molar-refractivity contribution in [1.82, 2.24) is 0 Å². The Morgan fingerprint density at radius 3 is 2.92 bits per heavy atom. The van der Waals surface area contributed by atoms with Gasteiger partial charge in [0.15, 0.2) is 11.6 Å². The van der Waals surface area contributed by atoms with E-state index in [1.165, 1.54) is 12.1 Å². The molecule has 4 nitrogen and oxygen atoms in total. The summed E-state index contributed by atoms with van der Waals surface area (Å²) in [5.41, 5.74) is 8.50. The molecule has 0 aliphatic heterocycles. The minimum atomic E-state index is -0.708. The van der Waals surface area contributed by atoms with Gasteiger partial charge in [-0.1, -0.05) is 11.2 Å². The van der Waals surface area contributed by atoms with Crippen LogP contribution < -0.4 is 0 Å². The number of benzene rings is 1. The van der Waals surface area contributed by atoms with Gasteiger partial charge in [-0.2, -0.15) is 0 Å². The number of rotatable bonds is 2. The zero-order chi connectivity index (χ0) is 8.97. The summed E-state index contributed by atoms with van der Waals surface area (Å²) in [5, 5.41) is 12.0. The van der Waals surface area contributed by atoms with Crippen molar-refractivity contribution < 1.29 is 9.50 Å². The van der Waals surface area contributed by atoms with Gasteiger partial charge < -0.3 is 5.11 Å². The molecule has 0 aliphatic carbocycles. The first-order valence-corrected chi connectivity index (χ1v) is 3.22. The van der Waals surface area contributed by atoms with E-state index in [1.807, 2.05) is 0 Å². The second-order valence-electron chi connectivity index (χ2n) is 2.17. The van der Waals surface area contributed by atoms with Crippen LogP contribution in [0.5, 0.6) is 5.75 Å². The van der Waals surface area contributed by atoms with E-state index in [1.54, 1.807) is 0 Å². The van der Waals surface area contributed by atoms with E-state index in [-0.39, 0.29) is 6.54 Å². The van der Waals surface area contributed by atoms with E-state index in [0.29, 0.717) is 5.56 Å². The molecule has 0 heterocycles. The van der Waals surface area contributed by atoms with E-state index in [4.69, 9.17) is 10.6 Å². The number of phenolic OH excluding ortho intramolecular Hbond substituents is 1. The smallest absolute Gasteiger partial charge is 0.165 e. The Bertz CT molecular complexity index is 333. The molecule has 0 bridgehead atoms. The molecular formula is C7H6FN3O. The van der Waals surface area contributed by atoms with Crippen LogP contribution in [0.1, 0.15) is 5.56 Å². The molecule has 1 rings (SSSR count). The number of hydrogen-bond donors (Lipinski definition) is 1. The largest absolute Gasteiger partial charge is 0.505 e. The summed E-state index contributed by atoms with van der Waals surface area (Å²) in [6.45, 7) is 0.0910. The summed E-state index contributed by atoms with van der Waals surface area (Å²) in [4.78, 5) is 2.52. The molecule has 5 heteroatoms. The summed E-state index contributed by atoms with van der Waals surface area (Å²) in [7, 11) is 0. The Hall–Kier alpha value is -1.74. The predicted octanol–water partition coefficient (Wildman–Crippen LogP) is 2.34. The normalized spacial score (nSPS) is 9.08. The van der Waals surface area contributed by atoms with Crippen LogP contribution in [0.3, 0.4) is 0 Å². The highest BCUT2D eigenvalue weighted by atomic mass is 19.1. The second-order valence-corrected chi connectivity index (χ2v) is 2.17. The first-order valence-electron chi connectivity index (χ1n) is 3.22. The van der Waals surface area contributed by atoms with Crippen LogP contribution in [0.2, 0.25) is 0 Å². The van der Waals surface area contributed by atoms with Crippen molar-refractivity contribution in [3.05, 3.63) is 40.0 Å². The van der Waals surface area contributed by atoms with Gasteiger partial charge >= 0.3 is 0 Å². The maximum atomic E-state index is 12.6. The third-order valence-electron chi connectivity index (χ3n) is 1.33. The number of halogens is 1. The zero-order valence-electron chi connectivity index (χ0n) is 6.11. The van der Waals surface area contributed by atoms with E-state index >= 15 is 0 Å². The molecule has 0 saturated carbocycles. The van der Waals surface area contributed by atoms with Crippen LogP contribution in [0, 0.1) is 5.82 Å². The molecule has 0 spiro atoms. The fourth-order valence-electron chi connectivity index (χ4n) is 0.762. The van der Waals surface area contributed by atoms with E-state index < -0.39 is 11.6 Å². The lowest BCUT2D eigenvalue weighted by Crippen LogP contribution is -1.82. The number of hydrogen-bond acceptors (Lipinski definition) is 2. The van der Waals surface area contributed by atoms with Gasteiger partial charge in [-0.25, -0.2) is 4.39 Å². The van der Waals surface area contributed by atoms with Crippen LogP contribution >= 0.6 is 0 Å². The Morgan fingerprint density at radius 1 is 1.58 bits per heavy atom. The van der Waals surface area contributed by atoms with E-state index in [9.17, 15) is 4.39 Å². The van der Waals surface area contributed by atoms with Crippen LogP contribution in [-0.4, -0.2) is 5.11 Å². The van der Waals surface area contributed by atoms with Crippen LogP contribution in [0.25, 0.3) is 10.4 Å². The van der Waals surface area contributed by atoms with Gasteiger partial charge in [-0.3, -0.25) is 0 Å². The third-order valence-corrected chi connectivity index (χ3v) is 1.33. The summed E-state index contributed by atoms with van der Waals surface area (Å²) in [6.07, 6.45) is 0. The first kappa shape index (κ1) is 8.36. The summed E-state index contributed by atoms with van der Waals surface area (Å²) in [6, 6.07) is 3.84. The van der Waals surface area contributed by atoms with E-state index in [0.717, 1.165) is 6.07 Å². The van der Waals surface area contributed by atoms with Crippen molar-refractivity contribution in [2.24, 2.45) is 5.11 Å². The van der Waals surface area contributed by atoms with Gasteiger partial charge in [0, 0.05) is 4.91 Å². The Labute approximate surface area is 67.9 Å². The molecular weight excluding hydrogens is 161 g/mol. The molecule has 0 aliphatic rings. The molecule has 1 N–H and O–H groups in total. The lowest BCUT2D eigenvalue weighted by Gasteiger charge is -1.97. The van der Waals surface area contributed by atoms with Crippen molar-refractivity contribution >= 4 is 0 Å². The Morgan fingerprint density at radius 2 is 2.33 bits per heavy atom. The van der Waals surface area contributed by atoms with Crippen molar-refractivity contribution in [1.29, 1.82) is 0 Å². The molecule has 0 amide bonds. The topological polar surface area (TPSA) is 69.0 Å².